The van der Waals surface area contributed by atoms with E-state index in [1.807, 2.05) is 19.2 Å². The third-order valence-corrected chi connectivity index (χ3v) is 4.91. The third-order valence-electron chi connectivity index (χ3n) is 3.43. The summed E-state index contributed by atoms with van der Waals surface area (Å²) in [5.74, 6) is 0. The van der Waals surface area contributed by atoms with E-state index in [0.717, 1.165) is 18.5 Å². The van der Waals surface area contributed by atoms with Crippen molar-refractivity contribution in [2.45, 2.75) is 37.8 Å². The van der Waals surface area contributed by atoms with Gasteiger partial charge in [-0.1, -0.05) is 26.0 Å². The van der Waals surface area contributed by atoms with E-state index in [4.69, 9.17) is 0 Å². The normalized spacial score (nSPS) is 21.8. The maximum atomic E-state index is 12.1. The van der Waals surface area contributed by atoms with Crippen molar-refractivity contribution in [2.24, 2.45) is 5.41 Å². The second-order valence-electron chi connectivity index (χ2n) is 5.54. The van der Waals surface area contributed by atoms with Gasteiger partial charge in [0.2, 0.25) is 10.0 Å². The van der Waals surface area contributed by atoms with Crippen LogP contribution in [0.15, 0.2) is 29.2 Å². The molecule has 1 unspecified atom stereocenters. The molecule has 2 N–H and O–H groups in total. The Morgan fingerprint density at radius 2 is 1.83 bits per heavy atom. The van der Waals surface area contributed by atoms with Gasteiger partial charge in [-0.25, -0.2) is 13.1 Å². The minimum atomic E-state index is -3.37. The maximum Gasteiger partial charge on any atom is 0.240 e. The Kier molecular flexibility index (Phi) is 3.49. The summed E-state index contributed by atoms with van der Waals surface area (Å²) in [6, 6.07) is 7.06. The highest BCUT2D eigenvalue weighted by Gasteiger charge is 2.47. The SMILES string of the molecule is CNCc1ccc(S(=O)(=O)NC2CC2(C)C)cc1. The van der Waals surface area contributed by atoms with E-state index >= 15 is 0 Å². The van der Waals surface area contributed by atoms with Crippen molar-refractivity contribution < 1.29 is 8.42 Å². The summed E-state index contributed by atoms with van der Waals surface area (Å²) in [6.45, 7) is 4.87. The van der Waals surface area contributed by atoms with Crippen LogP contribution in [-0.2, 0) is 16.6 Å². The fourth-order valence-corrected chi connectivity index (χ4v) is 3.32. The Labute approximate surface area is 109 Å². The predicted octanol–water partition coefficient (Wildman–Crippen LogP) is 1.48. The van der Waals surface area contributed by atoms with Crippen molar-refractivity contribution in [1.82, 2.24) is 10.0 Å². The van der Waals surface area contributed by atoms with Crippen molar-refractivity contribution in [3.63, 3.8) is 0 Å². The first-order valence-electron chi connectivity index (χ1n) is 6.11. The van der Waals surface area contributed by atoms with Crippen LogP contribution in [0.5, 0.6) is 0 Å². The number of nitrogens with one attached hydrogen (secondary N) is 2. The number of hydrogen-bond donors (Lipinski definition) is 2. The first-order chi connectivity index (χ1) is 8.35. The lowest BCUT2D eigenvalue weighted by Gasteiger charge is -2.09. The lowest BCUT2D eigenvalue weighted by molar-refractivity contribution is 0.555. The van der Waals surface area contributed by atoms with E-state index in [9.17, 15) is 8.42 Å². The molecule has 0 aliphatic heterocycles. The lowest BCUT2D eigenvalue weighted by Crippen LogP contribution is -2.28. The molecule has 5 heteroatoms. The second-order valence-corrected chi connectivity index (χ2v) is 7.25. The van der Waals surface area contributed by atoms with Gasteiger partial charge < -0.3 is 5.32 Å². The molecule has 0 heterocycles. The molecule has 0 spiro atoms. The smallest absolute Gasteiger partial charge is 0.240 e. The summed E-state index contributed by atoms with van der Waals surface area (Å²) in [5, 5.41) is 3.03. The fourth-order valence-electron chi connectivity index (χ4n) is 1.91. The maximum absolute atomic E-state index is 12.1. The molecule has 1 aliphatic rings. The van der Waals surface area contributed by atoms with Gasteiger partial charge in [0.1, 0.15) is 0 Å². The molecule has 0 aromatic heterocycles. The lowest BCUT2D eigenvalue weighted by atomic mass is 10.2. The fraction of sp³-hybridized carbons (Fsp3) is 0.538. The summed E-state index contributed by atoms with van der Waals surface area (Å²) in [5.41, 5.74) is 1.17. The van der Waals surface area contributed by atoms with E-state index in [2.05, 4.69) is 23.9 Å². The molecule has 0 saturated heterocycles. The standard InChI is InChI=1S/C13H20N2O2S/c1-13(2)8-12(13)15-18(16,17)11-6-4-10(5-7-11)9-14-3/h4-7,12,14-15H,8-9H2,1-3H3. The summed E-state index contributed by atoms with van der Waals surface area (Å²) < 4.78 is 27.0. The van der Waals surface area contributed by atoms with Gasteiger partial charge in [-0.05, 0) is 36.6 Å². The summed E-state index contributed by atoms with van der Waals surface area (Å²) in [7, 11) is -1.51. The Hall–Kier alpha value is -0.910. The van der Waals surface area contributed by atoms with E-state index in [1.54, 1.807) is 12.1 Å². The Morgan fingerprint density at radius 3 is 2.28 bits per heavy atom. The van der Waals surface area contributed by atoms with Crippen LogP contribution in [0.1, 0.15) is 25.8 Å². The second kappa shape index (κ2) is 4.64. The van der Waals surface area contributed by atoms with Crippen LogP contribution < -0.4 is 10.0 Å². The summed E-state index contributed by atoms with van der Waals surface area (Å²) >= 11 is 0. The Balaban J connectivity index is 2.10. The first-order valence-corrected chi connectivity index (χ1v) is 7.59. The van der Waals surface area contributed by atoms with Crippen LogP contribution in [0, 0.1) is 5.41 Å². The van der Waals surface area contributed by atoms with Gasteiger partial charge in [-0.2, -0.15) is 0 Å². The summed E-state index contributed by atoms with van der Waals surface area (Å²) in [4.78, 5) is 0.338. The minimum Gasteiger partial charge on any atom is -0.316 e. The Morgan fingerprint density at radius 1 is 1.28 bits per heavy atom. The minimum absolute atomic E-state index is 0.0690. The quantitative estimate of drug-likeness (QED) is 0.850. The molecule has 0 amide bonds. The van der Waals surface area contributed by atoms with Crippen molar-refractivity contribution in [3.05, 3.63) is 29.8 Å². The predicted molar refractivity (Wildman–Crippen MR) is 71.7 cm³/mol. The van der Waals surface area contributed by atoms with Crippen LogP contribution in [-0.4, -0.2) is 21.5 Å². The molecule has 4 nitrogen and oxygen atoms in total. The number of benzene rings is 1. The molecule has 1 aliphatic carbocycles. The van der Waals surface area contributed by atoms with E-state index in [1.165, 1.54) is 0 Å². The zero-order chi connectivity index (χ0) is 13.4. The molecule has 1 atom stereocenters. The van der Waals surface area contributed by atoms with Gasteiger partial charge in [-0.3, -0.25) is 0 Å². The molecule has 2 rings (SSSR count). The third kappa shape index (κ3) is 2.91. The highest BCUT2D eigenvalue weighted by molar-refractivity contribution is 7.89. The zero-order valence-electron chi connectivity index (χ0n) is 11.0. The van der Waals surface area contributed by atoms with Crippen molar-refractivity contribution in [2.75, 3.05) is 7.05 Å². The molecule has 1 saturated carbocycles. The molecule has 1 aromatic rings. The molecule has 0 radical (unpaired) electrons. The van der Waals surface area contributed by atoms with Gasteiger partial charge in [0.25, 0.3) is 0 Å². The van der Waals surface area contributed by atoms with E-state index in [0.29, 0.717) is 4.90 Å². The van der Waals surface area contributed by atoms with Crippen LogP contribution in [0.2, 0.25) is 0 Å². The highest BCUT2D eigenvalue weighted by atomic mass is 32.2. The number of sulfonamides is 1. The highest BCUT2D eigenvalue weighted by Crippen LogP contribution is 2.45. The molecule has 0 bridgehead atoms. The molecule has 100 valence electrons. The largest absolute Gasteiger partial charge is 0.316 e. The number of hydrogen-bond acceptors (Lipinski definition) is 3. The van der Waals surface area contributed by atoms with E-state index < -0.39 is 10.0 Å². The molecule has 1 aromatic carbocycles. The average Bonchev–Trinajstić information content (AvgIpc) is 2.86. The van der Waals surface area contributed by atoms with Crippen molar-refractivity contribution >= 4 is 10.0 Å². The van der Waals surface area contributed by atoms with Crippen molar-refractivity contribution in [3.8, 4) is 0 Å². The molecule has 18 heavy (non-hydrogen) atoms. The monoisotopic (exact) mass is 268 g/mol. The van der Waals surface area contributed by atoms with Gasteiger partial charge in [-0.15, -0.1) is 0 Å². The van der Waals surface area contributed by atoms with Crippen LogP contribution >= 0.6 is 0 Å². The van der Waals surface area contributed by atoms with Crippen LogP contribution in [0.25, 0.3) is 0 Å². The first kappa shape index (κ1) is 13.5. The Bertz CT molecular complexity index is 520. The van der Waals surface area contributed by atoms with Gasteiger partial charge in [0.15, 0.2) is 0 Å². The zero-order valence-corrected chi connectivity index (χ0v) is 11.8. The van der Waals surface area contributed by atoms with Crippen LogP contribution in [0.3, 0.4) is 0 Å². The average molecular weight is 268 g/mol. The summed E-state index contributed by atoms with van der Waals surface area (Å²) in [6.07, 6.45) is 0.907. The number of rotatable bonds is 5. The van der Waals surface area contributed by atoms with Gasteiger partial charge in [0.05, 0.1) is 4.90 Å². The van der Waals surface area contributed by atoms with Crippen molar-refractivity contribution in [1.29, 1.82) is 0 Å². The van der Waals surface area contributed by atoms with Gasteiger partial charge in [0, 0.05) is 12.6 Å². The topological polar surface area (TPSA) is 58.2 Å². The van der Waals surface area contributed by atoms with Gasteiger partial charge >= 0.3 is 0 Å². The van der Waals surface area contributed by atoms with Crippen LogP contribution in [0.4, 0.5) is 0 Å². The molecular formula is C13H20N2O2S. The molecule has 1 fully saturated rings. The molecular weight excluding hydrogens is 248 g/mol. The van der Waals surface area contributed by atoms with E-state index in [-0.39, 0.29) is 11.5 Å².